The second-order valence-electron chi connectivity index (χ2n) is 7.95. The standard InChI is InChI=1S/C28H29Cl3.3C2H6/c1-2-21-4-3-5-22(7-6-21)8-17-27(25-13-9-23(19-29)10-14-25)18-28(31)26-15-11-24(20-30)12-16-26;3*1-2/h3,5-7,9-16,27-28H,2,8,17-20H2,1H3;3*1-2H3. The average Bonchev–Trinajstić information content (AvgIpc) is 3.23. The molecule has 0 nitrogen and oxygen atoms in total. The number of benzene rings is 2. The van der Waals surface area contributed by atoms with E-state index in [1.165, 1.54) is 16.7 Å². The maximum absolute atomic E-state index is 6.89. The lowest BCUT2D eigenvalue weighted by atomic mass is 9.86. The van der Waals surface area contributed by atoms with Crippen LogP contribution in [0.1, 0.15) is 108 Å². The van der Waals surface area contributed by atoms with E-state index in [1.54, 1.807) is 0 Å². The van der Waals surface area contributed by atoms with Crippen LogP contribution >= 0.6 is 34.8 Å². The van der Waals surface area contributed by atoms with Crippen molar-refractivity contribution in [3.8, 4) is 0 Å². The van der Waals surface area contributed by atoms with Gasteiger partial charge in [0, 0.05) is 11.8 Å². The zero-order valence-corrected chi connectivity index (χ0v) is 26.2. The lowest BCUT2D eigenvalue weighted by Gasteiger charge is -2.21. The van der Waals surface area contributed by atoms with Crippen LogP contribution in [0.4, 0.5) is 0 Å². The molecule has 0 heterocycles. The largest absolute Gasteiger partial charge is 0.122 e. The molecule has 0 amide bonds. The quantitative estimate of drug-likeness (QED) is 0.200. The fraction of sp³-hybridized carbons (Fsp3) is 0.441. The Morgan fingerprint density at radius 3 is 1.73 bits per heavy atom. The second kappa shape index (κ2) is 22.3. The van der Waals surface area contributed by atoms with E-state index in [0.717, 1.165) is 42.4 Å². The molecule has 0 aliphatic heterocycles. The first-order valence-corrected chi connectivity index (χ1v) is 15.4. The summed E-state index contributed by atoms with van der Waals surface area (Å²) in [6.45, 7) is 14.2. The van der Waals surface area contributed by atoms with Gasteiger partial charge in [-0.05, 0) is 71.1 Å². The van der Waals surface area contributed by atoms with Crippen molar-refractivity contribution in [2.24, 2.45) is 0 Å². The number of alkyl halides is 3. The highest BCUT2D eigenvalue weighted by Crippen LogP contribution is 2.37. The highest BCUT2D eigenvalue weighted by atomic mass is 35.5. The van der Waals surface area contributed by atoms with Crippen LogP contribution in [0.5, 0.6) is 0 Å². The summed E-state index contributed by atoms with van der Waals surface area (Å²) in [5, 5.41) is -0.0472. The summed E-state index contributed by atoms with van der Waals surface area (Å²) in [7, 11) is 0. The molecule has 0 saturated heterocycles. The van der Waals surface area contributed by atoms with E-state index >= 15 is 0 Å². The van der Waals surface area contributed by atoms with Crippen molar-refractivity contribution >= 4 is 34.8 Å². The monoisotopic (exact) mass is 560 g/mol. The maximum Gasteiger partial charge on any atom is 0.0591 e. The predicted octanol–water partition coefficient (Wildman–Crippen LogP) is 12.5. The van der Waals surface area contributed by atoms with E-state index in [1.807, 2.05) is 47.6 Å². The Morgan fingerprint density at radius 2 is 1.24 bits per heavy atom. The summed E-state index contributed by atoms with van der Waals surface area (Å²) in [6, 6.07) is 17.0. The van der Waals surface area contributed by atoms with Crippen LogP contribution < -0.4 is 0 Å². The first kappa shape index (κ1) is 35.3. The third-order valence-electron chi connectivity index (χ3n) is 5.82. The Morgan fingerprint density at radius 1 is 0.730 bits per heavy atom. The van der Waals surface area contributed by atoms with Gasteiger partial charge in [-0.1, -0.05) is 115 Å². The molecule has 3 rings (SSSR count). The molecule has 1 aliphatic carbocycles. The molecule has 2 aromatic rings. The maximum atomic E-state index is 6.89. The van der Waals surface area contributed by atoms with E-state index in [4.69, 9.17) is 34.8 Å². The Hall–Kier alpha value is -1.69. The Kier molecular flexibility index (Phi) is 21.3. The number of hydrogen-bond donors (Lipinski definition) is 0. The van der Waals surface area contributed by atoms with Gasteiger partial charge >= 0.3 is 0 Å². The molecular weight excluding hydrogens is 515 g/mol. The van der Waals surface area contributed by atoms with Gasteiger partial charge in [0.05, 0.1) is 5.38 Å². The Balaban J connectivity index is 0.00000201. The van der Waals surface area contributed by atoms with Crippen LogP contribution in [0.3, 0.4) is 0 Å². The average molecular weight is 562 g/mol. The molecule has 37 heavy (non-hydrogen) atoms. The lowest BCUT2D eigenvalue weighted by molar-refractivity contribution is 0.568. The van der Waals surface area contributed by atoms with Crippen molar-refractivity contribution in [2.75, 3.05) is 0 Å². The minimum absolute atomic E-state index is 0.0472. The second-order valence-corrected chi connectivity index (χ2v) is 9.02. The van der Waals surface area contributed by atoms with Gasteiger partial charge in [0.2, 0.25) is 0 Å². The van der Waals surface area contributed by atoms with Crippen LogP contribution in [-0.4, -0.2) is 0 Å². The van der Waals surface area contributed by atoms with Gasteiger partial charge in [-0.2, -0.15) is 0 Å². The first-order valence-electron chi connectivity index (χ1n) is 13.9. The van der Waals surface area contributed by atoms with Crippen LogP contribution in [-0.2, 0) is 11.8 Å². The molecule has 2 atom stereocenters. The fourth-order valence-corrected chi connectivity index (χ4v) is 4.51. The summed E-state index contributed by atoms with van der Waals surface area (Å²) >= 11 is 18.8. The van der Waals surface area contributed by atoms with Gasteiger partial charge in [-0.25, -0.2) is 0 Å². The van der Waals surface area contributed by atoms with Crippen molar-refractivity contribution in [3.63, 3.8) is 0 Å². The summed E-state index contributed by atoms with van der Waals surface area (Å²) in [6.07, 6.45) is 12.6. The van der Waals surface area contributed by atoms with Crippen molar-refractivity contribution in [1.82, 2.24) is 0 Å². The predicted molar refractivity (Wildman–Crippen MR) is 170 cm³/mol. The minimum Gasteiger partial charge on any atom is -0.122 e. The molecule has 0 bridgehead atoms. The van der Waals surface area contributed by atoms with Crippen LogP contribution in [0, 0.1) is 0 Å². The molecule has 0 N–H and O–H groups in total. The summed E-state index contributed by atoms with van der Waals surface area (Å²) in [5.74, 6) is 1.42. The molecule has 0 spiro atoms. The van der Waals surface area contributed by atoms with Crippen LogP contribution in [0.25, 0.3) is 0 Å². The van der Waals surface area contributed by atoms with E-state index < -0.39 is 0 Å². The van der Waals surface area contributed by atoms with E-state index in [-0.39, 0.29) is 5.38 Å². The highest BCUT2D eigenvalue weighted by Gasteiger charge is 2.19. The van der Waals surface area contributed by atoms with Gasteiger partial charge in [-0.3, -0.25) is 0 Å². The van der Waals surface area contributed by atoms with Gasteiger partial charge in [-0.15, -0.1) is 40.5 Å². The minimum atomic E-state index is -0.0472. The number of halogens is 3. The summed E-state index contributed by atoms with van der Waals surface area (Å²) in [4.78, 5) is 0. The van der Waals surface area contributed by atoms with Crippen LogP contribution in [0.2, 0.25) is 0 Å². The van der Waals surface area contributed by atoms with Gasteiger partial charge < -0.3 is 0 Å². The zero-order chi connectivity index (χ0) is 28.1. The molecule has 0 saturated carbocycles. The lowest BCUT2D eigenvalue weighted by Crippen LogP contribution is -2.04. The SMILES string of the molecule is CC.CC.CC.CCC1=C=CC=C(CCC(CC(Cl)c2ccc(CCl)cc2)c2ccc(CCl)cc2)C=C1. The van der Waals surface area contributed by atoms with E-state index in [2.05, 4.69) is 79.4 Å². The van der Waals surface area contributed by atoms with Gasteiger partial charge in [0.1, 0.15) is 0 Å². The first-order chi connectivity index (χ1) is 18.1. The molecule has 2 aromatic carbocycles. The van der Waals surface area contributed by atoms with E-state index in [0.29, 0.717) is 17.7 Å². The fourth-order valence-electron chi connectivity index (χ4n) is 3.80. The van der Waals surface area contributed by atoms with Gasteiger partial charge in [0.15, 0.2) is 0 Å². The molecule has 2 unspecified atom stereocenters. The molecular formula is C34H47Cl3. The van der Waals surface area contributed by atoms with E-state index in [9.17, 15) is 0 Å². The highest BCUT2D eigenvalue weighted by molar-refractivity contribution is 6.20. The van der Waals surface area contributed by atoms with Crippen molar-refractivity contribution in [3.05, 3.63) is 112 Å². The molecule has 0 aromatic heterocycles. The van der Waals surface area contributed by atoms with Crippen molar-refractivity contribution in [1.29, 1.82) is 0 Å². The van der Waals surface area contributed by atoms with Crippen LogP contribution in [0.15, 0.2) is 89.7 Å². The van der Waals surface area contributed by atoms with Crippen molar-refractivity contribution < 1.29 is 0 Å². The van der Waals surface area contributed by atoms with Crippen molar-refractivity contribution in [2.45, 2.75) is 97.2 Å². The molecule has 0 radical (unpaired) electrons. The normalized spacial score (nSPS) is 13.2. The Labute approximate surface area is 243 Å². The summed E-state index contributed by atoms with van der Waals surface area (Å²) < 4.78 is 0. The van der Waals surface area contributed by atoms with Gasteiger partial charge in [0.25, 0.3) is 0 Å². The molecule has 3 heteroatoms. The Bertz CT molecular complexity index is 959. The zero-order valence-electron chi connectivity index (χ0n) is 24.0. The molecule has 0 fully saturated rings. The number of rotatable bonds is 10. The smallest absolute Gasteiger partial charge is 0.0591 e. The number of hydrogen-bond acceptors (Lipinski definition) is 0. The summed E-state index contributed by atoms with van der Waals surface area (Å²) in [5.41, 5.74) is 10.6. The topological polar surface area (TPSA) is 0 Å². The number of allylic oxidation sites excluding steroid dienone is 5. The third-order valence-corrected chi connectivity index (χ3v) is 6.87. The third kappa shape index (κ3) is 13.1. The molecule has 204 valence electrons. The molecule has 1 aliphatic rings.